The second kappa shape index (κ2) is 5.07. The molecule has 1 atom stereocenters. The van der Waals surface area contributed by atoms with Crippen molar-refractivity contribution in [3.63, 3.8) is 0 Å². The van der Waals surface area contributed by atoms with Crippen LogP contribution in [0.4, 0.5) is 19.0 Å². The zero-order chi connectivity index (χ0) is 14.0. The molecule has 104 valence electrons. The van der Waals surface area contributed by atoms with Crippen LogP contribution in [0, 0.1) is 11.3 Å². The van der Waals surface area contributed by atoms with Crippen LogP contribution in [0.15, 0.2) is 18.2 Å². The molecule has 0 amide bonds. The second-order valence-corrected chi connectivity index (χ2v) is 4.62. The number of nitrogens with one attached hydrogen (secondary N) is 1. The Morgan fingerprint density at radius 3 is 2.79 bits per heavy atom. The molecule has 1 aromatic rings. The molecule has 1 saturated heterocycles. The molecular formula is C12H15F3N4. The van der Waals surface area contributed by atoms with Gasteiger partial charge in [-0.15, -0.1) is 0 Å². The van der Waals surface area contributed by atoms with Crippen molar-refractivity contribution in [3.8, 4) is 0 Å². The Bertz CT molecular complexity index is 472. The molecule has 0 bridgehead atoms. The van der Waals surface area contributed by atoms with E-state index in [4.69, 9.17) is 11.1 Å². The van der Waals surface area contributed by atoms with E-state index in [1.807, 2.05) is 0 Å². The van der Waals surface area contributed by atoms with E-state index in [-0.39, 0.29) is 24.5 Å². The summed E-state index contributed by atoms with van der Waals surface area (Å²) in [6.07, 6.45) is -3.53. The van der Waals surface area contributed by atoms with Gasteiger partial charge in [0.05, 0.1) is 5.92 Å². The van der Waals surface area contributed by atoms with Crippen molar-refractivity contribution in [2.45, 2.75) is 19.0 Å². The maximum atomic E-state index is 12.7. The third-order valence-corrected chi connectivity index (χ3v) is 3.22. The molecule has 2 rings (SSSR count). The molecule has 7 heteroatoms. The van der Waals surface area contributed by atoms with E-state index in [2.05, 4.69) is 4.98 Å². The number of rotatable bonds is 2. The van der Waals surface area contributed by atoms with Crippen molar-refractivity contribution in [2.75, 3.05) is 18.0 Å². The van der Waals surface area contributed by atoms with Gasteiger partial charge in [0.25, 0.3) is 0 Å². The molecule has 3 N–H and O–H groups in total. The van der Waals surface area contributed by atoms with Crippen LogP contribution < -0.4 is 10.6 Å². The summed E-state index contributed by atoms with van der Waals surface area (Å²) in [6.45, 7) is 0.457. The number of pyridine rings is 1. The number of alkyl halides is 3. The minimum Gasteiger partial charge on any atom is -0.382 e. The molecule has 1 aliphatic rings. The first kappa shape index (κ1) is 13.6. The quantitative estimate of drug-likeness (QED) is 0.640. The molecule has 2 heterocycles. The summed E-state index contributed by atoms with van der Waals surface area (Å²) < 4.78 is 38.2. The van der Waals surface area contributed by atoms with Gasteiger partial charge in [-0.25, -0.2) is 4.98 Å². The van der Waals surface area contributed by atoms with Crippen molar-refractivity contribution in [1.82, 2.24) is 4.98 Å². The monoisotopic (exact) mass is 272 g/mol. The van der Waals surface area contributed by atoms with Gasteiger partial charge >= 0.3 is 6.18 Å². The normalized spacial score (nSPS) is 20.4. The lowest BCUT2D eigenvalue weighted by Gasteiger charge is -2.34. The van der Waals surface area contributed by atoms with Crippen molar-refractivity contribution < 1.29 is 13.2 Å². The summed E-state index contributed by atoms with van der Waals surface area (Å²) in [5, 5.41) is 7.30. The maximum Gasteiger partial charge on any atom is 0.393 e. The maximum absolute atomic E-state index is 12.7. The Kier molecular flexibility index (Phi) is 3.64. The van der Waals surface area contributed by atoms with E-state index in [0.717, 1.165) is 0 Å². The number of hydrogen-bond acceptors (Lipinski definition) is 3. The number of piperidine rings is 1. The van der Waals surface area contributed by atoms with Gasteiger partial charge in [-0.2, -0.15) is 13.2 Å². The summed E-state index contributed by atoms with van der Waals surface area (Å²) in [4.78, 5) is 5.73. The van der Waals surface area contributed by atoms with E-state index >= 15 is 0 Å². The van der Waals surface area contributed by atoms with Gasteiger partial charge in [-0.3, -0.25) is 5.41 Å². The average molecular weight is 272 g/mol. The second-order valence-electron chi connectivity index (χ2n) is 4.62. The SMILES string of the molecule is N=C(N)c1cccc(N2CCCC(C(F)(F)F)C2)n1. The number of amidine groups is 1. The molecule has 1 unspecified atom stereocenters. The molecule has 0 saturated carbocycles. The highest BCUT2D eigenvalue weighted by molar-refractivity contribution is 5.93. The fourth-order valence-corrected chi connectivity index (χ4v) is 2.20. The molecular weight excluding hydrogens is 257 g/mol. The Morgan fingerprint density at radius 2 is 2.16 bits per heavy atom. The van der Waals surface area contributed by atoms with Gasteiger partial charge in [-0.1, -0.05) is 6.07 Å². The number of nitrogens with two attached hydrogens (primary N) is 1. The number of halogens is 3. The van der Waals surface area contributed by atoms with Crippen molar-refractivity contribution in [1.29, 1.82) is 5.41 Å². The molecule has 1 fully saturated rings. The van der Waals surface area contributed by atoms with E-state index < -0.39 is 12.1 Å². The lowest BCUT2D eigenvalue weighted by Crippen LogP contribution is -2.42. The predicted molar refractivity (Wildman–Crippen MR) is 66.2 cm³/mol. The fraction of sp³-hybridized carbons (Fsp3) is 0.500. The predicted octanol–water partition coefficient (Wildman–Crippen LogP) is 2.14. The van der Waals surface area contributed by atoms with Crippen molar-refractivity contribution >= 4 is 11.7 Å². The van der Waals surface area contributed by atoms with Gasteiger partial charge in [0.2, 0.25) is 0 Å². The lowest BCUT2D eigenvalue weighted by molar-refractivity contribution is -0.176. The number of nitrogen functional groups attached to an aromatic ring is 1. The van der Waals surface area contributed by atoms with Gasteiger partial charge in [0.15, 0.2) is 0 Å². The highest BCUT2D eigenvalue weighted by Crippen LogP contribution is 2.34. The minimum atomic E-state index is -4.17. The first-order valence-corrected chi connectivity index (χ1v) is 6.01. The van der Waals surface area contributed by atoms with Crippen LogP contribution in [0.1, 0.15) is 18.5 Å². The van der Waals surface area contributed by atoms with Crippen molar-refractivity contribution in [3.05, 3.63) is 23.9 Å². The van der Waals surface area contributed by atoms with Gasteiger partial charge in [0, 0.05) is 13.1 Å². The molecule has 0 aromatic carbocycles. The number of anilines is 1. The minimum absolute atomic E-state index is 0.0855. The Balaban J connectivity index is 2.17. The standard InChI is InChI=1S/C12H15F3N4/c13-12(14,15)8-3-2-6-19(7-8)10-5-1-4-9(18-10)11(16)17/h1,4-5,8H,2-3,6-7H2,(H3,16,17). The molecule has 4 nitrogen and oxygen atoms in total. The van der Waals surface area contributed by atoms with Crippen LogP contribution in [0.5, 0.6) is 0 Å². The molecule has 19 heavy (non-hydrogen) atoms. The number of aromatic nitrogens is 1. The third-order valence-electron chi connectivity index (χ3n) is 3.22. The van der Waals surface area contributed by atoms with Crippen LogP contribution in [-0.2, 0) is 0 Å². The third kappa shape index (κ3) is 3.15. The number of hydrogen-bond donors (Lipinski definition) is 2. The molecule has 1 aliphatic heterocycles. The van der Waals surface area contributed by atoms with E-state index in [0.29, 0.717) is 18.8 Å². The van der Waals surface area contributed by atoms with Crippen LogP contribution in [0.2, 0.25) is 0 Å². The van der Waals surface area contributed by atoms with E-state index in [1.165, 1.54) is 0 Å². The van der Waals surface area contributed by atoms with E-state index in [9.17, 15) is 13.2 Å². The average Bonchev–Trinajstić information content (AvgIpc) is 2.38. The topological polar surface area (TPSA) is 66.0 Å². The van der Waals surface area contributed by atoms with E-state index in [1.54, 1.807) is 23.1 Å². The summed E-state index contributed by atoms with van der Waals surface area (Å²) in [7, 11) is 0. The molecule has 0 radical (unpaired) electrons. The van der Waals surface area contributed by atoms with Gasteiger partial charge in [-0.05, 0) is 25.0 Å². The molecule has 0 spiro atoms. The summed E-state index contributed by atoms with van der Waals surface area (Å²) in [5.74, 6) is -1.06. The summed E-state index contributed by atoms with van der Waals surface area (Å²) in [6, 6.07) is 4.86. The Morgan fingerprint density at radius 1 is 1.42 bits per heavy atom. The lowest BCUT2D eigenvalue weighted by atomic mass is 9.97. The van der Waals surface area contributed by atoms with Crippen LogP contribution in [0.25, 0.3) is 0 Å². The first-order chi connectivity index (χ1) is 8.88. The Hall–Kier alpha value is -1.79. The van der Waals surface area contributed by atoms with Crippen LogP contribution >= 0.6 is 0 Å². The first-order valence-electron chi connectivity index (χ1n) is 6.01. The summed E-state index contributed by atoms with van der Waals surface area (Å²) >= 11 is 0. The van der Waals surface area contributed by atoms with Gasteiger partial charge < -0.3 is 10.6 Å². The van der Waals surface area contributed by atoms with Gasteiger partial charge in [0.1, 0.15) is 17.3 Å². The zero-order valence-corrected chi connectivity index (χ0v) is 10.2. The Labute approximate surface area is 108 Å². The van der Waals surface area contributed by atoms with Crippen molar-refractivity contribution in [2.24, 2.45) is 11.7 Å². The number of nitrogens with zero attached hydrogens (tertiary/aromatic N) is 2. The highest BCUT2D eigenvalue weighted by atomic mass is 19.4. The molecule has 1 aromatic heterocycles. The fourth-order valence-electron chi connectivity index (χ4n) is 2.20. The summed E-state index contributed by atoms with van der Waals surface area (Å²) in [5.41, 5.74) is 5.61. The highest BCUT2D eigenvalue weighted by Gasteiger charge is 2.42. The largest absolute Gasteiger partial charge is 0.393 e. The molecule has 0 aliphatic carbocycles. The zero-order valence-electron chi connectivity index (χ0n) is 10.2. The van der Waals surface area contributed by atoms with Crippen LogP contribution in [-0.4, -0.2) is 30.1 Å². The smallest absolute Gasteiger partial charge is 0.382 e. The van der Waals surface area contributed by atoms with Crippen LogP contribution in [0.3, 0.4) is 0 Å².